The first-order chi connectivity index (χ1) is 14.8. The molecule has 0 saturated carbocycles. The smallest absolute Gasteiger partial charge is 0.161 e. The first-order valence-electron chi connectivity index (χ1n) is 10.0. The van der Waals surface area contributed by atoms with Crippen LogP contribution < -0.4 is 5.32 Å². The minimum atomic E-state index is 0.699. The Hall–Kier alpha value is -3.78. The predicted octanol–water partition coefficient (Wildman–Crippen LogP) is 3.37. The summed E-state index contributed by atoms with van der Waals surface area (Å²) in [7, 11) is 0. The lowest BCUT2D eigenvalue weighted by molar-refractivity contribution is 0.737. The summed E-state index contributed by atoms with van der Waals surface area (Å²) in [5.41, 5.74) is 8.47. The topological polar surface area (TPSA) is 100 Å². The van der Waals surface area contributed by atoms with E-state index in [2.05, 4.69) is 37.6 Å². The molecule has 1 aliphatic rings. The summed E-state index contributed by atoms with van der Waals surface area (Å²) < 4.78 is 1.99. The highest BCUT2D eigenvalue weighted by Crippen LogP contribution is 2.29. The van der Waals surface area contributed by atoms with Crippen molar-refractivity contribution in [3.63, 3.8) is 0 Å². The second kappa shape index (κ2) is 6.64. The fraction of sp³-hybridized carbons (Fsp3) is 0.182. The van der Waals surface area contributed by atoms with Crippen molar-refractivity contribution in [1.82, 2.24) is 40.0 Å². The number of aromatic nitrogens is 7. The van der Waals surface area contributed by atoms with E-state index in [-0.39, 0.29) is 0 Å². The Balaban J connectivity index is 1.49. The second-order valence-electron chi connectivity index (χ2n) is 7.53. The Morgan fingerprint density at radius 2 is 2.00 bits per heavy atom. The van der Waals surface area contributed by atoms with Crippen molar-refractivity contribution in [2.45, 2.75) is 13.3 Å². The molecular formula is C22H20N8. The molecule has 0 aliphatic carbocycles. The maximum absolute atomic E-state index is 4.92. The fourth-order valence-electron chi connectivity index (χ4n) is 3.99. The van der Waals surface area contributed by atoms with Gasteiger partial charge in [-0.15, -0.1) is 0 Å². The van der Waals surface area contributed by atoms with Gasteiger partial charge in [-0.05, 0) is 49.7 Å². The molecule has 0 unspecified atom stereocenters. The third-order valence-corrected chi connectivity index (χ3v) is 5.51. The van der Waals surface area contributed by atoms with Gasteiger partial charge in [0.1, 0.15) is 11.0 Å². The molecule has 8 nitrogen and oxygen atoms in total. The molecule has 0 spiro atoms. The summed E-state index contributed by atoms with van der Waals surface area (Å²) in [4.78, 5) is 17.6. The van der Waals surface area contributed by atoms with Crippen LogP contribution in [-0.2, 0) is 0 Å². The van der Waals surface area contributed by atoms with Gasteiger partial charge >= 0.3 is 0 Å². The Labute approximate surface area is 172 Å². The van der Waals surface area contributed by atoms with Gasteiger partial charge in [0.15, 0.2) is 11.5 Å². The first-order valence-corrected chi connectivity index (χ1v) is 10.0. The molecule has 0 atom stereocenters. The van der Waals surface area contributed by atoms with Crippen molar-refractivity contribution in [1.29, 1.82) is 0 Å². The molecule has 0 amide bonds. The van der Waals surface area contributed by atoms with Crippen LogP contribution in [0.15, 0.2) is 48.9 Å². The van der Waals surface area contributed by atoms with Gasteiger partial charge in [0.2, 0.25) is 0 Å². The summed E-state index contributed by atoms with van der Waals surface area (Å²) >= 11 is 0. The molecule has 5 aromatic rings. The van der Waals surface area contributed by atoms with Gasteiger partial charge in [-0.2, -0.15) is 5.10 Å². The van der Waals surface area contributed by atoms with Gasteiger partial charge in [-0.3, -0.25) is 5.10 Å². The normalized spacial score (nSPS) is 14.5. The molecule has 1 aromatic carbocycles. The number of aryl methyl sites for hydroxylation is 1. The first kappa shape index (κ1) is 17.1. The number of nitrogens with zero attached hydrogens (tertiary/aromatic N) is 5. The largest absolute Gasteiger partial charge is 0.336 e. The third-order valence-electron chi connectivity index (χ3n) is 5.51. The maximum atomic E-state index is 4.92. The highest BCUT2D eigenvalue weighted by Gasteiger charge is 2.17. The monoisotopic (exact) mass is 396 g/mol. The minimum Gasteiger partial charge on any atom is -0.336 e. The van der Waals surface area contributed by atoms with E-state index in [9.17, 15) is 0 Å². The molecule has 1 aliphatic heterocycles. The van der Waals surface area contributed by atoms with E-state index in [0.717, 1.165) is 64.3 Å². The molecular weight excluding hydrogens is 376 g/mol. The maximum Gasteiger partial charge on any atom is 0.161 e. The zero-order valence-corrected chi connectivity index (χ0v) is 16.5. The van der Waals surface area contributed by atoms with Crippen LogP contribution in [0.1, 0.15) is 17.8 Å². The number of pyridine rings is 1. The number of benzene rings is 1. The summed E-state index contributed by atoms with van der Waals surface area (Å²) in [6, 6.07) is 10.2. The highest BCUT2D eigenvalue weighted by atomic mass is 15.2. The molecule has 3 N–H and O–H groups in total. The van der Waals surface area contributed by atoms with E-state index in [1.54, 1.807) is 0 Å². The number of fused-ring (bicyclic) bond motifs is 2. The van der Waals surface area contributed by atoms with Crippen LogP contribution in [0.25, 0.3) is 44.8 Å². The van der Waals surface area contributed by atoms with Crippen molar-refractivity contribution in [3.8, 4) is 17.2 Å². The van der Waals surface area contributed by atoms with Crippen molar-refractivity contribution in [2.75, 3.05) is 13.1 Å². The van der Waals surface area contributed by atoms with Crippen molar-refractivity contribution >= 4 is 27.6 Å². The van der Waals surface area contributed by atoms with Crippen LogP contribution >= 0.6 is 0 Å². The standard InChI is InChI=1S/C22H20N8/c1-13-11-30(12-24-13)18-4-2-3-16-19(18)27-22(26-16)21-20-17(28-29-21)6-5-15(25-20)14-7-9-23-10-8-14/h2-7,11-12,23H,8-10H2,1H3,(H,26,27)(H,28,29). The van der Waals surface area contributed by atoms with Crippen LogP contribution in [0.3, 0.4) is 0 Å². The number of para-hydroxylation sites is 1. The van der Waals surface area contributed by atoms with Gasteiger partial charge in [-0.1, -0.05) is 12.1 Å². The average Bonchev–Trinajstić information content (AvgIpc) is 3.51. The SMILES string of the molecule is Cc1cn(-c2cccc3[nH]c(-c4n[nH]c5ccc(C6=CCNCC6)nc45)nc23)cn1. The predicted molar refractivity (Wildman–Crippen MR) is 116 cm³/mol. The zero-order chi connectivity index (χ0) is 20.1. The number of aromatic amines is 2. The van der Waals surface area contributed by atoms with E-state index in [1.165, 1.54) is 5.57 Å². The number of rotatable bonds is 3. The van der Waals surface area contributed by atoms with E-state index in [1.807, 2.05) is 48.3 Å². The summed E-state index contributed by atoms with van der Waals surface area (Å²) in [5.74, 6) is 0.699. The van der Waals surface area contributed by atoms with E-state index < -0.39 is 0 Å². The van der Waals surface area contributed by atoms with E-state index in [4.69, 9.17) is 9.97 Å². The molecule has 4 aromatic heterocycles. The number of H-pyrrole nitrogens is 2. The van der Waals surface area contributed by atoms with Crippen LogP contribution in [-0.4, -0.2) is 47.8 Å². The number of imidazole rings is 2. The summed E-state index contributed by atoms with van der Waals surface area (Å²) in [6.07, 6.45) is 6.98. The van der Waals surface area contributed by atoms with Crippen LogP contribution in [0.2, 0.25) is 0 Å². The summed E-state index contributed by atoms with van der Waals surface area (Å²) in [5, 5.41) is 11.0. The highest BCUT2D eigenvalue weighted by molar-refractivity contribution is 5.93. The Kier molecular flexibility index (Phi) is 3.78. The number of hydrogen-bond donors (Lipinski definition) is 3. The fourth-order valence-corrected chi connectivity index (χ4v) is 3.99. The molecule has 8 heteroatoms. The average molecular weight is 396 g/mol. The molecule has 6 rings (SSSR count). The Bertz CT molecular complexity index is 1420. The molecule has 148 valence electrons. The van der Waals surface area contributed by atoms with E-state index in [0.29, 0.717) is 5.82 Å². The van der Waals surface area contributed by atoms with Gasteiger partial charge in [0.25, 0.3) is 0 Å². The Morgan fingerprint density at radius 3 is 2.83 bits per heavy atom. The van der Waals surface area contributed by atoms with Crippen molar-refractivity contribution in [2.24, 2.45) is 0 Å². The molecule has 5 heterocycles. The molecule has 0 bridgehead atoms. The number of hydrogen-bond acceptors (Lipinski definition) is 5. The second-order valence-corrected chi connectivity index (χ2v) is 7.53. The summed E-state index contributed by atoms with van der Waals surface area (Å²) in [6.45, 7) is 3.83. The molecule has 0 fully saturated rings. The Morgan fingerprint density at radius 1 is 1.03 bits per heavy atom. The van der Waals surface area contributed by atoms with Gasteiger partial charge < -0.3 is 14.9 Å². The lowest BCUT2D eigenvalue weighted by Gasteiger charge is -2.13. The zero-order valence-electron chi connectivity index (χ0n) is 16.5. The molecule has 0 radical (unpaired) electrons. The lowest BCUT2D eigenvalue weighted by atomic mass is 10.1. The van der Waals surface area contributed by atoms with Gasteiger partial charge in [-0.25, -0.2) is 15.0 Å². The van der Waals surface area contributed by atoms with Crippen molar-refractivity contribution in [3.05, 3.63) is 60.3 Å². The quantitative estimate of drug-likeness (QED) is 0.434. The third kappa shape index (κ3) is 2.73. The molecule has 30 heavy (non-hydrogen) atoms. The van der Waals surface area contributed by atoms with Gasteiger partial charge in [0.05, 0.1) is 34.4 Å². The van der Waals surface area contributed by atoms with Crippen molar-refractivity contribution < 1.29 is 0 Å². The van der Waals surface area contributed by atoms with Crippen LogP contribution in [0, 0.1) is 6.92 Å². The van der Waals surface area contributed by atoms with E-state index >= 15 is 0 Å². The number of nitrogens with one attached hydrogen (secondary N) is 3. The molecule has 0 saturated heterocycles. The van der Waals surface area contributed by atoms with Gasteiger partial charge in [0, 0.05) is 12.7 Å². The lowest BCUT2D eigenvalue weighted by Crippen LogP contribution is -2.20. The minimum absolute atomic E-state index is 0.699. The van der Waals surface area contributed by atoms with Crippen LogP contribution in [0.4, 0.5) is 0 Å². The van der Waals surface area contributed by atoms with Crippen LogP contribution in [0.5, 0.6) is 0 Å².